The lowest BCUT2D eigenvalue weighted by Crippen LogP contribution is -2.24. The van der Waals surface area contributed by atoms with Crippen LogP contribution in [0.25, 0.3) is 10.8 Å². The average molecular weight is 536 g/mol. The van der Waals surface area contributed by atoms with Crippen molar-refractivity contribution < 1.29 is 21.6 Å². The molecule has 0 spiro atoms. The summed E-state index contributed by atoms with van der Waals surface area (Å²) in [6.45, 7) is 2.39. The molecule has 10 heteroatoms. The Labute approximate surface area is 216 Å². The second-order valence-corrected chi connectivity index (χ2v) is 12.2. The fourth-order valence-corrected chi connectivity index (χ4v) is 6.66. The summed E-state index contributed by atoms with van der Waals surface area (Å²) >= 11 is 0. The molecular formula is C27H25N3O5S2. The van der Waals surface area contributed by atoms with E-state index in [1.807, 2.05) is 30.3 Å². The van der Waals surface area contributed by atoms with Crippen LogP contribution in [-0.2, 0) is 24.8 Å². The number of carbonyl (C=O) groups is 1. The summed E-state index contributed by atoms with van der Waals surface area (Å²) in [6, 6.07) is 22.9. The van der Waals surface area contributed by atoms with Crippen LogP contribution >= 0.6 is 0 Å². The van der Waals surface area contributed by atoms with Crippen molar-refractivity contribution in [3.8, 4) is 0 Å². The Hall–Kier alpha value is -3.89. The highest BCUT2D eigenvalue weighted by molar-refractivity contribution is 7.93. The summed E-state index contributed by atoms with van der Waals surface area (Å²) in [5.74, 6) is 0.0295. The van der Waals surface area contributed by atoms with E-state index in [9.17, 15) is 21.6 Å². The molecule has 0 unspecified atom stereocenters. The van der Waals surface area contributed by atoms with Crippen LogP contribution in [0, 0.1) is 6.92 Å². The summed E-state index contributed by atoms with van der Waals surface area (Å²) in [7, 11) is -7.83. The number of benzene rings is 4. The van der Waals surface area contributed by atoms with E-state index in [1.165, 1.54) is 36.4 Å². The van der Waals surface area contributed by atoms with Crippen molar-refractivity contribution in [3.63, 3.8) is 0 Å². The molecule has 1 heterocycles. The van der Waals surface area contributed by atoms with Crippen LogP contribution in [-0.4, -0.2) is 29.3 Å². The third-order valence-electron chi connectivity index (χ3n) is 6.29. The second-order valence-electron chi connectivity index (χ2n) is 8.86. The lowest BCUT2D eigenvalue weighted by atomic mass is 10.1. The van der Waals surface area contributed by atoms with Gasteiger partial charge < -0.3 is 4.90 Å². The van der Waals surface area contributed by atoms with Gasteiger partial charge in [0.1, 0.15) is 0 Å². The lowest BCUT2D eigenvalue weighted by Gasteiger charge is -2.19. The van der Waals surface area contributed by atoms with Crippen molar-refractivity contribution in [1.29, 1.82) is 0 Å². The fraction of sp³-hybridized carbons (Fsp3) is 0.148. The molecule has 0 saturated carbocycles. The van der Waals surface area contributed by atoms with Gasteiger partial charge in [0, 0.05) is 29.7 Å². The van der Waals surface area contributed by atoms with Crippen LogP contribution in [0.1, 0.15) is 18.4 Å². The molecule has 0 bridgehead atoms. The molecule has 8 nitrogen and oxygen atoms in total. The molecule has 2 N–H and O–H groups in total. The first-order valence-electron chi connectivity index (χ1n) is 11.7. The van der Waals surface area contributed by atoms with Crippen LogP contribution in [0.3, 0.4) is 0 Å². The minimum Gasteiger partial charge on any atom is -0.312 e. The number of aryl methyl sites for hydroxylation is 1. The van der Waals surface area contributed by atoms with Crippen molar-refractivity contribution in [1.82, 2.24) is 0 Å². The smallest absolute Gasteiger partial charge is 0.261 e. The molecule has 1 amide bonds. The van der Waals surface area contributed by atoms with Gasteiger partial charge >= 0.3 is 0 Å². The standard InChI is InChI=1S/C27H25N3O5S2/c1-19-18-23(15-16-26(19)30-17-5-10-27(30)31)37(34,35)28-21-11-13-22(14-12-21)36(32,33)29-25-9-4-7-20-6-2-3-8-24(20)25/h2-4,6-9,11-16,18,28-29H,5,10,17H2,1H3. The zero-order chi connectivity index (χ0) is 26.2. The summed E-state index contributed by atoms with van der Waals surface area (Å²) < 4.78 is 57.0. The van der Waals surface area contributed by atoms with Crippen LogP contribution < -0.4 is 14.3 Å². The highest BCUT2D eigenvalue weighted by Gasteiger charge is 2.24. The van der Waals surface area contributed by atoms with Crippen LogP contribution in [0.15, 0.2) is 94.7 Å². The van der Waals surface area contributed by atoms with E-state index in [0.717, 1.165) is 17.2 Å². The van der Waals surface area contributed by atoms with Gasteiger partial charge in [0.2, 0.25) is 5.91 Å². The van der Waals surface area contributed by atoms with Crippen molar-refractivity contribution in [2.75, 3.05) is 20.9 Å². The van der Waals surface area contributed by atoms with E-state index in [0.29, 0.717) is 29.9 Å². The number of sulfonamides is 2. The number of hydrogen-bond acceptors (Lipinski definition) is 5. The number of nitrogens with zero attached hydrogens (tertiary/aromatic N) is 1. The second kappa shape index (κ2) is 9.53. The molecule has 0 radical (unpaired) electrons. The molecule has 4 aromatic carbocycles. The molecule has 190 valence electrons. The molecule has 1 aliphatic heterocycles. The highest BCUT2D eigenvalue weighted by Crippen LogP contribution is 2.29. The Morgan fingerprint density at radius 1 is 0.757 bits per heavy atom. The number of nitrogens with one attached hydrogen (secondary N) is 2. The monoisotopic (exact) mass is 535 g/mol. The van der Waals surface area contributed by atoms with Crippen molar-refractivity contribution >= 4 is 53.8 Å². The zero-order valence-electron chi connectivity index (χ0n) is 20.0. The number of hydrogen-bond donors (Lipinski definition) is 2. The number of amides is 1. The Morgan fingerprint density at radius 2 is 1.43 bits per heavy atom. The summed E-state index contributed by atoms with van der Waals surface area (Å²) in [6.07, 6.45) is 1.27. The van der Waals surface area contributed by atoms with E-state index in [-0.39, 0.29) is 21.4 Å². The van der Waals surface area contributed by atoms with Gasteiger partial charge in [-0.15, -0.1) is 0 Å². The molecule has 1 aliphatic rings. The highest BCUT2D eigenvalue weighted by atomic mass is 32.2. The van der Waals surface area contributed by atoms with Gasteiger partial charge in [-0.3, -0.25) is 14.2 Å². The number of anilines is 3. The van der Waals surface area contributed by atoms with E-state index in [4.69, 9.17) is 0 Å². The van der Waals surface area contributed by atoms with E-state index in [2.05, 4.69) is 9.44 Å². The van der Waals surface area contributed by atoms with Crippen LogP contribution in [0.5, 0.6) is 0 Å². The van der Waals surface area contributed by atoms with Crippen LogP contribution in [0.4, 0.5) is 17.1 Å². The molecular weight excluding hydrogens is 510 g/mol. The molecule has 0 atom stereocenters. The van der Waals surface area contributed by atoms with E-state index >= 15 is 0 Å². The van der Waals surface area contributed by atoms with Gasteiger partial charge in [-0.05, 0) is 72.8 Å². The Kier molecular flexibility index (Phi) is 6.38. The summed E-state index contributed by atoms with van der Waals surface area (Å²) in [4.78, 5) is 13.8. The molecule has 1 saturated heterocycles. The minimum absolute atomic E-state index is 0.00106. The predicted octanol–water partition coefficient (Wildman–Crippen LogP) is 4.88. The summed E-state index contributed by atoms with van der Waals surface area (Å²) in [5.41, 5.74) is 2.06. The van der Waals surface area contributed by atoms with Crippen LogP contribution in [0.2, 0.25) is 0 Å². The Balaban J connectivity index is 1.34. The molecule has 5 rings (SSSR count). The maximum atomic E-state index is 13.0. The van der Waals surface area contributed by atoms with Gasteiger partial charge in [-0.2, -0.15) is 0 Å². The normalized spacial score (nSPS) is 14.2. The van der Waals surface area contributed by atoms with Crippen molar-refractivity contribution in [3.05, 3.63) is 90.5 Å². The third kappa shape index (κ3) is 5.03. The maximum Gasteiger partial charge on any atom is 0.261 e. The van der Waals surface area contributed by atoms with Crippen molar-refractivity contribution in [2.24, 2.45) is 0 Å². The molecule has 1 fully saturated rings. The topological polar surface area (TPSA) is 113 Å². The first-order chi connectivity index (χ1) is 17.6. The van der Waals surface area contributed by atoms with Crippen molar-refractivity contribution in [2.45, 2.75) is 29.6 Å². The first-order valence-corrected chi connectivity index (χ1v) is 14.7. The van der Waals surface area contributed by atoms with Gasteiger partial charge in [-0.25, -0.2) is 16.8 Å². The quantitative estimate of drug-likeness (QED) is 0.350. The molecule has 37 heavy (non-hydrogen) atoms. The van der Waals surface area contributed by atoms with Gasteiger partial charge in [0.15, 0.2) is 0 Å². The first kappa shape index (κ1) is 24.8. The average Bonchev–Trinajstić information content (AvgIpc) is 3.29. The number of fused-ring (bicyclic) bond motifs is 1. The molecule has 0 aromatic heterocycles. The maximum absolute atomic E-state index is 13.0. The minimum atomic E-state index is -3.93. The summed E-state index contributed by atoms with van der Waals surface area (Å²) in [5, 5.41) is 1.68. The lowest BCUT2D eigenvalue weighted by molar-refractivity contribution is -0.117. The Morgan fingerprint density at radius 3 is 2.14 bits per heavy atom. The fourth-order valence-electron chi connectivity index (χ4n) is 4.44. The third-order valence-corrected chi connectivity index (χ3v) is 9.05. The number of carbonyl (C=O) groups excluding carboxylic acids is 1. The zero-order valence-corrected chi connectivity index (χ0v) is 21.6. The van der Waals surface area contributed by atoms with Gasteiger partial charge in [-0.1, -0.05) is 36.4 Å². The predicted molar refractivity (Wildman–Crippen MR) is 145 cm³/mol. The SMILES string of the molecule is Cc1cc(S(=O)(=O)Nc2ccc(S(=O)(=O)Nc3cccc4ccccc34)cc2)ccc1N1CCCC1=O. The largest absolute Gasteiger partial charge is 0.312 e. The van der Waals surface area contributed by atoms with E-state index in [1.54, 1.807) is 30.0 Å². The van der Waals surface area contributed by atoms with Gasteiger partial charge in [0.05, 0.1) is 15.5 Å². The molecule has 0 aliphatic carbocycles. The number of rotatable bonds is 7. The molecule has 4 aromatic rings. The Bertz CT molecular complexity index is 1710. The van der Waals surface area contributed by atoms with Gasteiger partial charge in [0.25, 0.3) is 20.0 Å². The van der Waals surface area contributed by atoms with E-state index < -0.39 is 20.0 Å².